The van der Waals surface area contributed by atoms with Crippen molar-refractivity contribution in [2.75, 3.05) is 20.6 Å². The zero-order valence-corrected chi connectivity index (χ0v) is 19.0. The smallest absolute Gasteiger partial charge is 0.251 e. The Balaban J connectivity index is 1.69. The van der Waals surface area contributed by atoms with Crippen LogP contribution in [0.5, 0.6) is 0 Å². The highest BCUT2D eigenvalue weighted by atomic mass is 35.5. The minimum atomic E-state index is -0.443. The van der Waals surface area contributed by atoms with Crippen molar-refractivity contribution in [3.8, 4) is 0 Å². The number of amides is 2. The number of benzene rings is 3. The monoisotopic (exact) mass is 449 g/mol. The van der Waals surface area contributed by atoms with Gasteiger partial charge in [-0.1, -0.05) is 78.3 Å². The van der Waals surface area contributed by atoms with E-state index in [2.05, 4.69) is 10.6 Å². The summed E-state index contributed by atoms with van der Waals surface area (Å²) in [6.45, 7) is 0.406. The van der Waals surface area contributed by atoms with E-state index in [0.29, 0.717) is 17.1 Å². The largest absolute Gasteiger partial charge is 0.354 e. The van der Waals surface area contributed by atoms with Crippen LogP contribution in [0.1, 0.15) is 40.0 Å². The molecule has 0 radical (unpaired) electrons. The number of likely N-dealkylation sites (N-methyl/N-ethyl adjacent to an activating group) is 1. The van der Waals surface area contributed by atoms with E-state index in [9.17, 15) is 9.59 Å². The molecular formula is C26H28ClN3O2. The molecular weight excluding hydrogens is 422 g/mol. The van der Waals surface area contributed by atoms with Gasteiger partial charge in [0.2, 0.25) is 5.91 Å². The lowest BCUT2D eigenvalue weighted by Gasteiger charge is -2.26. The van der Waals surface area contributed by atoms with Gasteiger partial charge in [-0.25, -0.2) is 0 Å². The van der Waals surface area contributed by atoms with E-state index in [1.54, 1.807) is 12.1 Å². The number of halogens is 1. The summed E-state index contributed by atoms with van der Waals surface area (Å²) < 4.78 is 0. The molecule has 166 valence electrons. The van der Waals surface area contributed by atoms with Gasteiger partial charge in [-0.2, -0.15) is 0 Å². The summed E-state index contributed by atoms with van der Waals surface area (Å²) in [5, 5.41) is 6.68. The first kappa shape index (κ1) is 23.5. The molecule has 2 unspecified atom stereocenters. The SMILES string of the molecule is CN(C)C(CNC(=O)CC(NC(=O)c1ccccc1)c1ccccc1)c1ccccc1Cl. The lowest BCUT2D eigenvalue weighted by atomic mass is 10.0. The van der Waals surface area contributed by atoms with Crippen molar-refractivity contribution in [1.82, 2.24) is 15.5 Å². The summed E-state index contributed by atoms with van der Waals surface area (Å²) in [5.74, 6) is -0.361. The van der Waals surface area contributed by atoms with Crippen LogP contribution in [0, 0.1) is 0 Å². The number of nitrogens with zero attached hydrogens (tertiary/aromatic N) is 1. The molecule has 0 heterocycles. The molecule has 32 heavy (non-hydrogen) atoms. The lowest BCUT2D eigenvalue weighted by molar-refractivity contribution is -0.121. The Labute approximate surface area is 194 Å². The normalized spacial score (nSPS) is 12.8. The molecule has 0 bridgehead atoms. The van der Waals surface area contributed by atoms with E-state index >= 15 is 0 Å². The van der Waals surface area contributed by atoms with Crippen LogP contribution in [0.25, 0.3) is 0 Å². The fraction of sp³-hybridized carbons (Fsp3) is 0.231. The van der Waals surface area contributed by atoms with E-state index in [4.69, 9.17) is 11.6 Å². The second-order valence-electron chi connectivity index (χ2n) is 7.81. The highest BCUT2D eigenvalue weighted by molar-refractivity contribution is 6.31. The molecule has 0 saturated heterocycles. The molecule has 5 nitrogen and oxygen atoms in total. The average molecular weight is 450 g/mol. The zero-order chi connectivity index (χ0) is 22.9. The van der Waals surface area contributed by atoms with Crippen molar-refractivity contribution in [2.45, 2.75) is 18.5 Å². The van der Waals surface area contributed by atoms with Gasteiger partial charge in [0.1, 0.15) is 0 Å². The molecule has 3 aromatic carbocycles. The van der Waals surface area contributed by atoms with Crippen molar-refractivity contribution >= 4 is 23.4 Å². The van der Waals surface area contributed by atoms with Crippen LogP contribution >= 0.6 is 11.6 Å². The zero-order valence-electron chi connectivity index (χ0n) is 18.3. The minimum Gasteiger partial charge on any atom is -0.354 e. The quantitative estimate of drug-likeness (QED) is 0.501. The number of carbonyl (C=O) groups excluding carboxylic acids is 2. The number of hydrogen-bond acceptors (Lipinski definition) is 3. The third-order valence-electron chi connectivity index (χ3n) is 5.31. The van der Waals surface area contributed by atoms with Gasteiger partial charge in [0.05, 0.1) is 18.5 Å². The number of hydrogen-bond donors (Lipinski definition) is 2. The van der Waals surface area contributed by atoms with Crippen molar-refractivity contribution in [3.63, 3.8) is 0 Å². The Morgan fingerprint density at radius 3 is 2.09 bits per heavy atom. The van der Waals surface area contributed by atoms with Gasteiger partial charge in [-0.3, -0.25) is 9.59 Å². The van der Waals surface area contributed by atoms with Crippen LogP contribution < -0.4 is 10.6 Å². The first-order valence-corrected chi connectivity index (χ1v) is 10.9. The van der Waals surface area contributed by atoms with Gasteiger partial charge in [0.15, 0.2) is 0 Å². The molecule has 6 heteroatoms. The first-order chi connectivity index (χ1) is 15.5. The Morgan fingerprint density at radius 2 is 1.47 bits per heavy atom. The maximum absolute atomic E-state index is 12.9. The van der Waals surface area contributed by atoms with Gasteiger partial charge < -0.3 is 15.5 Å². The number of carbonyl (C=O) groups is 2. The molecule has 2 atom stereocenters. The van der Waals surface area contributed by atoms with E-state index in [1.807, 2.05) is 91.8 Å². The highest BCUT2D eigenvalue weighted by Gasteiger charge is 2.22. The van der Waals surface area contributed by atoms with Gasteiger partial charge in [0.25, 0.3) is 5.91 Å². The van der Waals surface area contributed by atoms with E-state index < -0.39 is 6.04 Å². The molecule has 0 fully saturated rings. The third-order valence-corrected chi connectivity index (χ3v) is 5.66. The second kappa shape index (κ2) is 11.5. The molecule has 3 aromatic rings. The predicted octanol–water partition coefficient (Wildman–Crippen LogP) is 4.62. The summed E-state index contributed by atoms with van der Waals surface area (Å²) in [6, 6.07) is 25.6. The molecule has 2 N–H and O–H groups in total. The molecule has 2 amide bonds. The predicted molar refractivity (Wildman–Crippen MR) is 129 cm³/mol. The molecule has 3 rings (SSSR count). The second-order valence-corrected chi connectivity index (χ2v) is 8.22. The minimum absolute atomic E-state index is 0.0678. The standard InChI is InChI=1S/C26H28ClN3O2/c1-30(2)24(21-15-9-10-16-22(21)27)18-28-25(31)17-23(19-11-5-3-6-12-19)29-26(32)20-13-7-4-8-14-20/h3-16,23-24H,17-18H2,1-2H3,(H,28,31)(H,29,32). The number of rotatable bonds is 9. The lowest BCUT2D eigenvalue weighted by Crippen LogP contribution is -2.37. The Morgan fingerprint density at radius 1 is 0.875 bits per heavy atom. The first-order valence-electron chi connectivity index (χ1n) is 10.5. The van der Waals surface area contributed by atoms with Crippen LogP contribution in [0.2, 0.25) is 5.02 Å². The van der Waals surface area contributed by atoms with Crippen LogP contribution in [0.3, 0.4) is 0 Å². The third kappa shape index (κ3) is 6.42. The van der Waals surface area contributed by atoms with Gasteiger partial charge in [0, 0.05) is 17.1 Å². The summed E-state index contributed by atoms with van der Waals surface area (Å²) in [4.78, 5) is 27.6. The highest BCUT2D eigenvalue weighted by Crippen LogP contribution is 2.25. The summed E-state index contributed by atoms with van der Waals surface area (Å²) in [7, 11) is 3.90. The summed E-state index contributed by atoms with van der Waals surface area (Å²) in [5.41, 5.74) is 2.39. The van der Waals surface area contributed by atoms with E-state index in [0.717, 1.165) is 11.1 Å². The maximum Gasteiger partial charge on any atom is 0.251 e. The molecule has 0 aromatic heterocycles. The fourth-order valence-corrected chi connectivity index (χ4v) is 3.81. The van der Waals surface area contributed by atoms with Crippen LogP contribution in [0.4, 0.5) is 0 Å². The van der Waals surface area contributed by atoms with Gasteiger partial charge >= 0.3 is 0 Å². The van der Waals surface area contributed by atoms with Crippen molar-refractivity contribution < 1.29 is 9.59 Å². The summed E-state index contributed by atoms with van der Waals surface area (Å²) in [6.07, 6.45) is 0.130. The topological polar surface area (TPSA) is 61.4 Å². The maximum atomic E-state index is 12.9. The van der Waals surface area contributed by atoms with E-state index in [1.165, 1.54) is 0 Å². The Bertz CT molecular complexity index is 1030. The number of nitrogens with one attached hydrogen (secondary N) is 2. The van der Waals surface area contributed by atoms with Crippen molar-refractivity contribution in [3.05, 3.63) is 107 Å². The molecule has 0 spiro atoms. The molecule has 0 aliphatic carbocycles. The van der Waals surface area contributed by atoms with Gasteiger partial charge in [-0.05, 0) is 43.4 Å². The molecule has 0 saturated carbocycles. The Hall–Kier alpha value is -3.15. The van der Waals surface area contributed by atoms with Crippen molar-refractivity contribution in [2.24, 2.45) is 0 Å². The average Bonchev–Trinajstić information content (AvgIpc) is 2.81. The van der Waals surface area contributed by atoms with E-state index in [-0.39, 0.29) is 24.3 Å². The van der Waals surface area contributed by atoms with Crippen LogP contribution in [-0.4, -0.2) is 37.4 Å². The van der Waals surface area contributed by atoms with Crippen LogP contribution in [0.15, 0.2) is 84.9 Å². The molecule has 0 aliphatic rings. The Kier molecular flexibility index (Phi) is 8.42. The van der Waals surface area contributed by atoms with Crippen molar-refractivity contribution in [1.29, 1.82) is 0 Å². The van der Waals surface area contributed by atoms with Gasteiger partial charge in [-0.15, -0.1) is 0 Å². The van der Waals surface area contributed by atoms with Crippen LogP contribution in [-0.2, 0) is 4.79 Å². The summed E-state index contributed by atoms with van der Waals surface area (Å²) >= 11 is 6.37. The molecule has 0 aliphatic heterocycles. The fourth-order valence-electron chi connectivity index (χ4n) is 3.55.